The molecule has 4 nitrogen and oxygen atoms in total. The molecule has 2 aromatic carbocycles. The zero-order valence-electron chi connectivity index (χ0n) is 12.1. The average molecular weight is 284 g/mol. The van der Waals surface area contributed by atoms with Crippen molar-refractivity contribution >= 4 is 11.6 Å². The number of hydrogen-bond donors (Lipinski definition) is 2. The molecule has 0 radical (unpaired) electrons. The van der Waals surface area contributed by atoms with E-state index < -0.39 is 0 Å². The fraction of sp³-hybridized carbons (Fsp3) is 0.235. The van der Waals surface area contributed by atoms with Crippen LogP contribution in [0.1, 0.15) is 17.5 Å². The van der Waals surface area contributed by atoms with Crippen LogP contribution in [-0.2, 0) is 11.3 Å². The Bertz CT molecular complexity index is 594. The van der Waals surface area contributed by atoms with Gasteiger partial charge >= 0.3 is 0 Å². The lowest BCUT2D eigenvalue weighted by molar-refractivity contribution is -0.116. The summed E-state index contributed by atoms with van der Waals surface area (Å²) in [6.07, 6.45) is 0.312. The number of amides is 1. The summed E-state index contributed by atoms with van der Waals surface area (Å²) >= 11 is 0. The molecule has 2 aromatic rings. The van der Waals surface area contributed by atoms with Crippen molar-refractivity contribution in [3.63, 3.8) is 0 Å². The maximum atomic E-state index is 11.8. The van der Waals surface area contributed by atoms with Crippen molar-refractivity contribution in [2.75, 3.05) is 11.9 Å². The third kappa shape index (κ3) is 4.61. The molecule has 2 rings (SSSR count). The fourth-order valence-corrected chi connectivity index (χ4v) is 1.92. The van der Waals surface area contributed by atoms with Gasteiger partial charge in [-0.25, -0.2) is 0 Å². The van der Waals surface area contributed by atoms with Crippen LogP contribution in [0.25, 0.3) is 0 Å². The fourth-order valence-electron chi connectivity index (χ4n) is 1.92. The molecule has 0 unspecified atom stereocenters. The van der Waals surface area contributed by atoms with E-state index in [1.54, 1.807) is 0 Å². The first-order chi connectivity index (χ1) is 10.2. The Kier molecular flexibility index (Phi) is 5.35. The van der Waals surface area contributed by atoms with Crippen LogP contribution in [0.5, 0.6) is 5.75 Å². The maximum absolute atomic E-state index is 11.8. The van der Waals surface area contributed by atoms with Gasteiger partial charge in [0.05, 0.1) is 13.0 Å². The van der Waals surface area contributed by atoms with E-state index in [4.69, 9.17) is 10.5 Å². The molecule has 1 amide bonds. The molecule has 0 bridgehead atoms. The largest absolute Gasteiger partial charge is 0.493 e. The van der Waals surface area contributed by atoms with Crippen LogP contribution in [0.4, 0.5) is 5.69 Å². The first kappa shape index (κ1) is 15.1. The summed E-state index contributed by atoms with van der Waals surface area (Å²) in [5.41, 5.74) is 8.40. The summed E-state index contributed by atoms with van der Waals surface area (Å²) in [5, 5.41) is 2.83. The van der Waals surface area contributed by atoms with Gasteiger partial charge in [0.1, 0.15) is 5.75 Å². The first-order valence-electron chi connectivity index (χ1n) is 6.96. The van der Waals surface area contributed by atoms with Crippen LogP contribution in [0.3, 0.4) is 0 Å². The number of carbonyl (C=O) groups excluding carboxylic acids is 1. The van der Waals surface area contributed by atoms with E-state index in [1.807, 2.05) is 55.5 Å². The summed E-state index contributed by atoms with van der Waals surface area (Å²) in [4.78, 5) is 11.8. The highest BCUT2D eigenvalue weighted by atomic mass is 16.5. The lowest BCUT2D eigenvalue weighted by Crippen LogP contribution is -2.15. The molecule has 4 heteroatoms. The third-order valence-electron chi connectivity index (χ3n) is 3.15. The normalized spacial score (nSPS) is 10.2. The summed E-state index contributed by atoms with van der Waals surface area (Å²) in [5.74, 6) is 0.752. The highest BCUT2D eigenvalue weighted by Gasteiger charge is 2.04. The van der Waals surface area contributed by atoms with E-state index in [0.717, 1.165) is 22.6 Å². The molecule has 0 aliphatic rings. The molecule has 0 aliphatic heterocycles. The molecule has 0 saturated carbocycles. The van der Waals surface area contributed by atoms with Crippen molar-refractivity contribution < 1.29 is 9.53 Å². The van der Waals surface area contributed by atoms with Gasteiger partial charge in [0, 0.05) is 12.2 Å². The second-order valence-electron chi connectivity index (χ2n) is 4.81. The number of anilines is 1. The van der Waals surface area contributed by atoms with Crippen molar-refractivity contribution in [1.82, 2.24) is 0 Å². The smallest absolute Gasteiger partial charge is 0.227 e. The highest BCUT2D eigenvalue weighted by Crippen LogP contribution is 2.16. The van der Waals surface area contributed by atoms with E-state index >= 15 is 0 Å². The quantitative estimate of drug-likeness (QED) is 0.857. The standard InChI is InChI=1S/C17H20N2O2/c1-13-4-2-3-5-16(13)21-11-10-17(20)19-15-8-6-14(12-18)7-9-15/h2-9H,10-12,18H2,1H3,(H,19,20). The van der Waals surface area contributed by atoms with Gasteiger partial charge in [-0.05, 0) is 36.2 Å². The van der Waals surface area contributed by atoms with Gasteiger partial charge < -0.3 is 15.8 Å². The average Bonchev–Trinajstić information content (AvgIpc) is 2.50. The molecular formula is C17H20N2O2. The molecule has 0 atom stereocenters. The number of nitrogens with two attached hydrogens (primary N) is 1. The van der Waals surface area contributed by atoms with Gasteiger partial charge in [0.2, 0.25) is 5.91 Å². The summed E-state index contributed by atoms with van der Waals surface area (Å²) in [6, 6.07) is 15.3. The third-order valence-corrected chi connectivity index (χ3v) is 3.15. The topological polar surface area (TPSA) is 64.3 Å². The number of para-hydroxylation sites is 1. The second kappa shape index (κ2) is 7.45. The molecule has 110 valence electrons. The molecule has 0 aliphatic carbocycles. The molecule has 0 aromatic heterocycles. The molecule has 3 N–H and O–H groups in total. The molecule has 21 heavy (non-hydrogen) atoms. The van der Waals surface area contributed by atoms with Crippen molar-refractivity contribution in [3.8, 4) is 5.75 Å². The van der Waals surface area contributed by atoms with E-state index in [1.165, 1.54) is 0 Å². The Labute approximate surface area is 124 Å². The van der Waals surface area contributed by atoms with Crippen LogP contribution in [0.15, 0.2) is 48.5 Å². The monoisotopic (exact) mass is 284 g/mol. The van der Waals surface area contributed by atoms with E-state index in [9.17, 15) is 4.79 Å². The Balaban J connectivity index is 1.78. The number of aryl methyl sites for hydroxylation is 1. The van der Waals surface area contributed by atoms with Gasteiger partial charge in [0.25, 0.3) is 0 Å². The molecule has 0 fully saturated rings. The van der Waals surface area contributed by atoms with E-state index in [2.05, 4.69) is 5.32 Å². The molecule has 0 spiro atoms. The number of ether oxygens (including phenoxy) is 1. The number of rotatable bonds is 6. The Morgan fingerprint density at radius 1 is 1.14 bits per heavy atom. The summed E-state index contributed by atoms with van der Waals surface area (Å²) in [7, 11) is 0. The van der Waals surface area contributed by atoms with Gasteiger partial charge in [-0.1, -0.05) is 30.3 Å². The minimum absolute atomic E-state index is 0.0657. The van der Waals surface area contributed by atoms with Gasteiger partial charge in [0.15, 0.2) is 0 Å². The molecule has 0 saturated heterocycles. The van der Waals surface area contributed by atoms with Crippen molar-refractivity contribution in [2.45, 2.75) is 19.9 Å². The van der Waals surface area contributed by atoms with Crippen LogP contribution < -0.4 is 15.8 Å². The zero-order valence-corrected chi connectivity index (χ0v) is 12.1. The van der Waals surface area contributed by atoms with E-state index in [-0.39, 0.29) is 5.91 Å². The SMILES string of the molecule is Cc1ccccc1OCCC(=O)Nc1ccc(CN)cc1. The number of carbonyl (C=O) groups is 1. The Hall–Kier alpha value is -2.33. The predicted molar refractivity (Wildman–Crippen MR) is 84.3 cm³/mol. The van der Waals surface area contributed by atoms with Crippen molar-refractivity contribution in [3.05, 3.63) is 59.7 Å². The Morgan fingerprint density at radius 3 is 2.52 bits per heavy atom. The van der Waals surface area contributed by atoms with Crippen molar-refractivity contribution in [1.29, 1.82) is 0 Å². The lowest BCUT2D eigenvalue weighted by atomic mass is 10.2. The van der Waals surface area contributed by atoms with Crippen LogP contribution in [0.2, 0.25) is 0 Å². The number of nitrogens with one attached hydrogen (secondary N) is 1. The molecular weight excluding hydrogens is 264 g/mol. The minimum atomic E-state index is -0.0657. The predicted octanol–water partition coefficient (Wildman–Crippen LogP) is 2.86. The number of hydrogen-bond acceptors (Lipinski definition) is 3. The Morgan fingerprint density at radius 2 is 1.86 bits per heavy atom. The lowest BCUT2D eigenvalue weighted by Gasteiger charge is -2.09. The van der Waals surface area contributed by atoms with Gasteiger partial charge in [-0.2, -0.15) is 0 Å². The van der Waals surface area contributed by atoms with Crippen LogP contribution in [0, 0.1) is 6.92 Å². The summed E-state index contributed by atoms with van der Waals surface area (Å²) in [6.45, 7) is 2.84. The van der Waals surface area contributed by atoms with E-state index in [0.29, 0.717) is 19.6 Å². The van der Waals surface area contributed by atoms with Crippen LogP contribution in [-0.4, -0.2) is 12.5 Å². The first-order valence-corrected chi connectivity index (χ1v) is 6.96. The highest BCUT2D eigenvalue weighted by molar-refractivity contribution is 5.90. The zero-order chi connectivity index (χ0) is 15.1. The second-order valence-corrected chi connectivity index (χ2v) is 4.81. The molecule has 0 heterocycles. The van der Waals surface area contributed by atoms with Gasteiger partial charge in [-0.3, -0.25) is 4.79 Å². The number of benzene rings is 2. The van der Waals surface area contributed by atoms with Gasteiger partial charge in [-0.15, -0.1) is 0 Å². The minimum Gasteiger partial charge on any atom is -0.493 e. The maximum Gasteiger partial charge on any atom is 0.227 e. The van der Waals surface area contributed by atoms with Crippen molar-refractivity contribution in [2.24, 2.45) is 5.73 Å². The van der Waals surface area contributed by atoms with Crippen LogP contribution >= 0.6 is 0 Å². The summed E-state index contributed by atoms with van der Waals surface area (Å²) < 4.78 is 5.60.